The van der Waals surface area contributed by atoms with Gasteiger partial charge >= 0.3 is 0 Å². The number of carbonyl (C=O) groups excluding carboxylic acids is 2. The van der Waals surface area contributed by atoms with Gasteiger partial charge in [-0.25, -0.2) is 4.98 Å². The van der Waals surface area contributed by atoms with Crippen LogP contribution in [-0.4, -0.2) is 28.6 Å². The highest BCUT2D eigenvalue weighted by molar-refractivity contribution is 5.95. The van der Waals surface area contributed by atoms with Crippen LogP contribution in [0, 0.1) is 11.3 Å². The van der Waals surface area contributed by atoms with E-state index in [1.165, 1.54) is 5.57 Å². The average Bonchev–Trinajstić information content (AvgIpc) is 3.20. The van der Waals surface area contributed by atoms with Crippen LogP contribution in [0.5, 0.6) is 0 Å². The molecule has 7 nitrogen and oxygen atoms in total. The molecule has 0 bridgehead atoms. The van der Waals surface area contributed by atoms with Crippen molar-refractivity contribution in [1.29, 1.82) is 5.41 Å². The number of aryl methyl sites for hydroxylation is 1. The van der Waals surface area contributed by atoms with E-state index in [0.29, 0.717) is 24.2 Å². The Labute approximate surface area is 182 Å². The molecule has 1 aliphatic rings. The molecule has 2 atom stereocenters. The van der Waals surface area contributed by atoms with E-state index in [1.807, 2.05) is 30.3 Å². The minimum absolute atomic E-state index is 0.00143. The van der Waals surface area contributed by atoms with Crippen LogP contribution in [0.25, 0.3) is 0 Å². The average molecular weight is 420 g/mol. The summed E-state index contributed by atoms with van der Waals surface area (Å²) in [6.07, 6.45) is 7.00. The van der Waals surface area contributed by atoms with Gasteiger partial charge in [0.05, 0.1) is 12.0 Å². The fraction of sp³-hybridized carbons (Fsp3) is 0.333. The van der Waals surface area contributed by atoms with E-state index in [0.717, 1.165) is 30.4 Å². The number of pyridine rings is 1. The molecule has 0 saturated carbocycles. The molecule has 0 fully saturated rings. The van der Waals surface area contributed by atoms with Crippen molar-refractivity contribution in [2.24, 2.45) is 11.7 Å². The van der Waals surface area contributed by atoms with E-state index in [2.05, 4.69) is 10.3 Å². The standard InChI is InChI=1S/C24H29N5O2/c1-15(21(30)9-5-16-2-6-19(7-3-16)23(26)27)29-24(31)20-8-4-17(13-20)12-18-10-11-28-22(25)14-18/h2-3,6-7,10-11,13-15,20H,4-5,8-9,12H2,1H3,(H2,25,28)(H3,26,27)(H,29,31)/t15-,20+/m0/s1. The van der Waals surface area contributed by atoms with E-state index >= 15 is 0 Å². The first kappa shape index (κ1) is 22.2. The summed E-state index contributed by atoms with van der Waals surface area (Å²) in [5.74, 6) is 0.207. The Morgan fingerprint density at radius 3 is 2.65 bits per heavy atom. The molecule has 0 unspecified atom stereocenters. The number of nitrogens with one attached hydrogen (secondary N) is 2. The third-order valence-electron chi connectivity index (χ3n) is 5.59. The summed E-state index contributed by atoms with van der Waals surface area (Å²) in [6, 6.07) is 10.5. The number of nitrogens with zero attached hydrogens (tertiary/aromatic N) is 1. The van der Waals surface area contributed by atoms with Crippen LogP contribution in [0.1, 0.15) is 42.9 Å². The molecule has 1 aliphatic carbocycles. The Balaban J connectivity index is 1.47. The van der Waals surface area contributed by atoms with Gasteiger partial charge in [-0.1, -0.05) is 35.9 Å². The maximum atomic E-state index is 12.6. The number of hydrogen-bond acceptors (Lipinski definition) is 5. The topological polar surface area (TPSA) is 135 Å². The van der Waals surface area contributed by atoms with Crippen molar-refractivity contribution in [3.8, 4) is 0 Å². The van der Waals surface area contributed by atoms with Gasteiger partial charge in [0.1, 0.15) is 11.7 Å². The summed E-state index contributed by atoms with van der Waals surface area (Å²) >= 11 is 0. The fourth-order valence-electron chi connectivity index (χ4n) is 3.75. The van der Waals surface area contributed by atoms with E-state index in [9.17, 15) is 9.59 Å². The molecule has 6 N–H and O–H groups in total. The normalized spacial score (nSPS) is 16.4. The van der Waals surface area contributed by atoms with Gasteiger partial charge in [-0.15, -0.1) is 0 Å². The zero-order chi connectivity index (χ0) is 22.4. The molecule has 1 aromatic heterocycles. The first-order valence-electron chi connectivity index (χ1n) is 10.5. The number of nitrogens with two attached hydrogens (primary N) is 2. The number of Topliss-reactive ketones (excluding diaryl/α,β-unsaturated/α-hetero) is 1. The van der Waals surface area contributed by atoms with Gasteiger partial charge in [0.25, 0.3) is 0 Å². The number of nitrogen functional groups attached to an aromatic ring is 2. The van der Waals surface area contributed by atoms with Crippen molar-refractivity contribution >= 4 is 23.3 Å². The van der Waals surface area contributed by atoms with Crippen molar-refractivity contribution in [1.82, 2.24) is 10.3 Å². The maximum Gasteiger partial charge on any atom is 0.227 e. The first-order chi connectivity index (χ1) is 14.8. The largest absolute Gasteiger partial charge is 0.384 e. The molecule has 7 heteroatoms. The number of benzene rings is 1. The van der Waals surface area contributed by atoms with Crippen molar-refractivity contribution in [2.75, 3.05) is 5.73 Å². The van der Waals surface area contributed by atoms with Gasteiger partial charge in [0.2, 0.25) is 5.91 Å². The highest BCUT2D eigenvalue weighted by Crippen LogP contribution is 2.27. The molecule has 1 heterocycles. The lowest BCUT2D eigenvalue weighted by Gasteiger charge is -2.15. The van der Waals surface area contributed by atoms with Crippen LogP contribution in [-0.2, 0) is 22.4 Å². The first-order valence-corrected chi connectivity index (χ1v) is 10.5. The number of allylic oxidation sites excluding steroid dienone is 1. The van der Waals surface area contributed by atoms with E-state index in [1.54, 1.807) is 25.3 Å². The monoisotopic (exact) mass is 419 g/mol. The van der Waals surface area contributed by atoms with Gasteiger partial charge in [-0.2, -0.15) is 0 Å². The molecular formula is C24H29N5O2. The molecule has 31 heavy (non-hydrogen) atoms. The molecule has 0 spiro atoms. The van der Waals surface area contributed by atoms with Crippen molar-refractivity contribution < 1.29 is 9.59 Å². The van der Waals surface area contributed by atoms with E-state index in [-0.39, 0.29) is 23.4 Å². The summed E-state index contributed by atoms with van der Waals surface area (Å²) < 4.78 is 0. The summed E-state index contributed by atoms with van der Waals surface area (Å²) in [4.78, 5) is 29.1. The lowest BCUT2D eigenvalue weighted by atomic mass is 10.0. The number of ketones is 1. The zero-order valence-corrected chi connectivity index (χ0v) is 17.7. The van der Waals surface area contributed by atoms with Crippen LogP contribution in [0.4, 0.5) is 5.82 Å². The summed E-state index contributed by atoms with van der Waals surface area (Å²) in [5, 5.41) is 10.3. The smallest absolute Gasteiger partial charge is 0.227 e. The van der Waals surface area contributed by atoms with Crippen LogP contribution in [0.2, 0.25) is 0 Å². The molecular weight excluding hydrogens is 390 g/mol. The molecule has 162 valence electrons. The molecule has 0 radical (unpaired) electrons. The van der Waals surface area contributed by atoms with Gasteiger partial charge in [-0.05, 0) is 55.9 Å². The minimum atomic E-state index is -0.526. The minimum Gasteiger partial charge on any atom is -0.384 e. The number of amides is 1. The molecule has 1 amide bonds. The van der Waals surface area contributed by atoms with Crippen molar-refractivity contribution in [3.63, 3.8) is 0 Å². The number of anilines is 1. The zero-order valence-electron chi connectivity index (χ0n) is 17.7. The molecule has 3 rings (SSSR count). The Morgan fingerprint density at radius 1 is 1.23 bits per heavy atom. The highest BCUT2D eigenvalue weighted by Gasteiger charge is 2.25. The lowest BCUT2D eigenvalue weighted by Crippen LogP contribution is -2.41. The van der Waals surface area contributed by atoms with Gasteiger partial charge in [-0.3, -0.25) is 15.0 Å². The SMILES string of the molecule is C[C@H](NC(=O)[C@H]1C=C(Cc2ccnc(N)c2)CC1)C(=O)CCc1ccc(C(=N)N)cc1. The second-order valence-electron chi connectivity index (χ2n) is 8.04. The number of hydrogen-bond donors (Lipinski definition) is 4. The number of carbonyl (C=O) groups is 2. The van der Waals surface area contributed by atoms with Gasteiger partial charge in [0, 0.05) is 18.2 Å². The van der Waals surface area contributed by atoms with Crippen LogP contribution < -0.4 is 16.8 Å². The Bertz CT molecular complexity index is 997. The second kappa shape index (κ2) is 10.0. The number of rotatable bonds is 9. The van der Waals surface area contributed by atoms with Crippen LogP contribution in [0.3, 0.4) is 0 Å². The van der Waals surface area contributed by atoms with Crippen molar-refractivity contribution in [3.05, 3.63) is 70.9 Å². The Morgan fingerprint density at radius 2 is 1.97 bits per heavy atom. The third kappa shape index (κ3) is 6.25. The Hall–Kier alpha value is -3.48. The molecule has 0 saturated heterocycles. The molecule has 0 aliphatic heterocycles. The third-order valence-corrected chi connectivity index (χ3v) is 5.59. The van der Waals surface area contributed by atoms with E-state index in [4.69, 9.17) is 16.9 Å². The Kier molecular flexibility index (Phi) is 7.18. The summed E-state index contributed by atoms with van der Waals surface area (Å²) in [5.41, 5.74) is 15.1. The van der Waals surface area contributed by atoms with E-state index < -0.39 is 6.04 Å². The van der Waals surface area contributed by atoms with Gasteiger partial charge < -0.3 is 16.8 Å². The highest BCUT2D eigenvalue weighted by atomic mass is 16.2. The van der Waals surface area contributed by atoms with Crippen molar-refractivity contribution in [2.45, 2.75) is 45.1 Å². The predicted molar refractivity (Wildman–Crippen MR) is 122 cm³/mol. The quantitative estimate of drug-likeness (QED) is 0.281. The molecule has 2 aromatic rings. The van der Waals surface area contributed by atoms with Crippen LogP contribution in [0.15, 0.2) is 54.2 Å². The lowest BCUT2D eigenvalue weighted by molar-refractivity contribution is -0.129. The number of aromatic nitrogens is 1. The predicted octanol–water partition coefficient (Wildman–Crippen LogP) is 2.53. The summed E-state index contributed by atoms with van der Waals surface area (Å²) in [6.45, 7) is 1.73. The van der Waals surface area contributed by atoms with Gasteiger partial charge in [0.15, 0.2) is 5.78 Å². The summed E-state index contributed by atoms with van der Waals surface area (Å²) in [7, 11) is 0. The maximum absolute atomic E-state index is 12.6. The molecule has 1 aromatic carbocycles. The fourth-order valence-corrected chi connectivity index (χ4v) is 3.75. The number of amidine groups is 1. The van der Waals surface area contributed by atoms with Crippen LogP contribution >= 0.6 is 0 Å². The second-order valence-corrected chi connectivity index (χ2v) is 8.04.